The van der Waals surface area contributed by atoms with Gasteiger partial charge < -0.3 is 9.90 Å². The highest BCUT2D eigenvalue weighted by molar-refractivity contribution is 7.93. The molecule has 0 atom stereocenters. The second-order valence-corrected chi connectivity index (χ2v) is 7.39. The van der Waals surface area contributed by atoms with Crippen molar-refractivity contribution in [2.45, 2.75) is 11.3 Å². The van der Waals surface area contributed by atoms with E-state index < -0.39 is 16.0 Å². The Labute approximate surface area is 134 Å². The summed E-state index contributed by atoms with van der Waals surface area (Å²) in [7, 11) is -4.02. The third-order valence-corrected chi connectivity index (χ3v) is 5.62. The standard InChI is InChI=1S/C11H8Cl2N2O4S2/c12-7-2-1-3-8(13)10(7)21(18,19)15-11-14-5-6(20-11)4-9(16)17/h1-3,5H,4H2,(H,14,15)(H,16,17)/p-1. The summed E-state index contributed by atoms with van der Waals surface area (Å²) in [6, 6.07) is 4.31. The monoisotopic (exact) mass is 365 g/mol. The number of hydrogen-bond donors (Lipinski definition) is 1. The number of nitrogens with one attached hydrogen (secondary N) is 1. The van der Waals surface area contributed by atoms with Crippen LogP contribution in [0.15, 0.2) is 29.3 Å². The zero-order valence-electron chi connectivity index (χ0n) is 10.2. The van der Waals surface area contributed by atoms with Crippen LogP contribution in [0.4, 0.5) is 5.13 Å². The van der Waals surface area contributed by atoms with Gasteiger partial charge in [-0.25, -0.2) is 13.4 Å². The SMILES string of the molecule is O=C([O-])Cc1cnc(NS(=O)(=O)c2c(Cl)cccc2Cl)s1. The highest BCUT2D eigenvalue weighted by Crippen LogP contribution is 2.31. The van der Waals surface area contributed by atoms with Crippen LogP contribution in [0.3, 0.4) is 0 Å². The van der Waals surface area contributed by atoms with Gasteiger partial charge in [0.05, 0.1) is 10.0 Å². The number of aliphatic carboxylic acids is 1. The van der Waals surface area contributed by atoms with Crippen LogP contribution in [0.2, 0.25) is 10.0 Å². The van der Waals surface area contributed by atoms with Gasteiger partial charge in [0, 0.05) is 23.5 Å². The van der Waals surface area contributed by atoms with E-state index in [-0.39, 0.29) is 26.5 Å². The zero-order chi connectivity index (χ0) is 15.6. The summed E-state index contributed by atoms with van der Waals surface area (Å²) in [5.41, 5.74) is 0. The molecule has 2 rings (SSSR count). The van der Waals surface area contributed by atoms with Gasteiger partial charge in [-0.05, 0) is 12.1 Å². The first kappa shape index (κ1) is 16.0. The fourth-order valence-corrected chi connectivity index (χ4v) is 4.67. The van der Waals surface area contributed by atoms with Crippen LogP contribution in [-0.4, -0.2) is 19.4 Å². The molecule has 0 fully saturated rings. The van der Waals surface area contributed by atoms with E-state index in [1.165, 1.54) is 24.4 Å². The molecule has 0 radical (unpaired) electrons. The van der Waals surface area contributed by atoms with E-state index in [1.807, 2.05) is 0 Å². The lowest BCUT2D eigenvalue weighted by Crippen LogP contribution is -2.23. The average Bonchev–Trinajstić information content (AvgIpc) is 2.73. The number of rotatable bonds is 5. The Morgan fingerprint density at radius 1 is 1.33 bits per heavy atom. The van der Waals surface area contributed by atoms with Crippen LogP contribution >= 0.6 is 34.5 Å². The van der Waals surface area contributed by atoms with E-state index in [0.717, 1.165) is 11.3 Å². The molecule has 2 aromatic rings. The fraction of sp³-hybridized carbons (Fsp3) is 0.0909. The van der Waals surface area contributed by atoms with E-state index in [2.05, 4.69) is 9.71 Å². The smallest absolute Gasteiger partial charge is 0.266 e. The first-order valence-corrected chi connectivity index (χ1v) is 8.46. The molecule has 6 nitrogen and oxygen atoms in total. The van der Waals surface area contributed by atoms with Gasteiger partial charge in [0.2, 0.25) is 0 Å². The number of carbonyl (C=O) groups excluding carboxylic acids is 1. The number of carbonyl (C=O) groups is 1. The predicted octanol–water partition coefficient (Wildman–Crippen LogP) is 1.54. The second kappa shape index (κ2) is 6.18. The summed E-state index contributed by atoms with van der Waals surface area (Å²) in [5, 5.41) is 10.4. The Kier molecular flexibility index (Phi) is 4.72. The Bertz CT molecular complexity index is 769. The molecule has 21 heavy (non-hydrogen) atoms. The molecule has 1 aromatic heterocycles. The summed E-state index contributed by atoms with van der Waals surface area (Å²) in [4.78, 5) is 14.4. The van der Waals surface area contributed by atoms with Crippen molar-refractivity contribution >= 4 is 55.7 Å². The van der Waals surface area contributed by atoms with Crippen LogP contribution in [0.25, 0.3) is 0 Å². The first-order chi connectivity index (χ1) is 9.79. The van der Waals surface area contributed by atoms with Gasteiger partial charge in [-0.2, -0.15) is 0 Å². The first-order valence-electron chi connectivity index (χ1n) is 5.41. The molecule has 0 aliphatic rings. The third-order valence-electron chi connectivity index (χ3n) is 2.28. The second-order valence-electron chi connectivity index (χ2n) is 3.84. The van der Waals surface area contributed by atoms with Crippen molar-refractivity contribution in [3.8, 4) is 0 Å². The number of carboxylic acids is 1. The van der Waals surface area contributed by atoms with Crippen molar-refractivity contribution in [1.29, 1.82) is 0 Å². The molecule has 10 heteroatoms. The minimum absolute atomic E-state index is 0.0160. The number of aromatic nitrogens is 1. The molecule has 0 bridgehead atoms. The summed E-state index contributed by atoms with van der Waals surface area (Å²) >= 11 is 12.6. The van der Waals surface area contributed by atoms with Crippen LogP contribution < -0.4 is 9.83 Å². The predicted molar refractivity (Wildman–Crippen MR) is 78.1 cm³/mol. The van der Waals surface area contributed by atoms with Crippen molar-refractivity contribution in [3.05, 3.63) is 39.3 Å². The van der Waals surface area contributed by atoms with Crippen LogP contribution in [0, 0.1) is 0 Å². The molecule has 112 valence electrons. The van der Waals surface area contributed by atoms with Gasteiger partial charge in [-0.1, -0.05) is 29.3 Å². The van der Waals surface area contributed by atoms with E-state index in [9.17, 15) is 18.3 Å². The summed E-state index contributed by atoms with van der Waals surface area (Å²) in [6.45, 7) is 0. The minimum Gasteiger partial charge on any atom is -0.550 e. The lowest BCUT2D eigenvalue weighted by molar-refractivity contribution is -0.304. The van der Waals surface area contributed by atoms with Crippen LogP contribution in [0.1, 0.15) is 4.88 Å². The molecule has 0 spiro atoms. The molecule has 0 aliphatic carbocycles. The van der Waals surface area contributed by atoms with Gasteiger partial charge in [-0.15, -0.1) is 11.3 Å². The van der Waals surface area contributed by atoms with E-state index in [0.29, 0.717) is 4.88 Å². The van der Waals surface area contributed by atoms with Crippen molar-refractivity contribution in [2.24, 2.45) is 0 Å². The lowest BCUT2D eigenvalue weighted by Gasteiger charge is -2.08. The summed E-state index contributed by atoms with van der Waals surface area (Å²) in [5.74, 6) is -1.28. The molecule has 0 saturated carbocycles. The normalized spacial score (nSPS) is 11.3. The van der Waals surface area contributed by atoms with Crippen LogP contribution in [-0.2, 0) is 21.2 Å². The Balaban J connectivity index is 2.29. The molecule has 0 unspecified atom stereocenters. The van der Waals surface area contributed by atoms with Gasteiger partial charge >= 0.3 is 0 Å². The largest absolute Gasteiger partial charge is 0.550 e. The number of carboxylic acid groups (broad SMARTS) is 1. The molecule has 0 saturated heterocycles. The molecule has 0 aliphatic heterocycles. The van der Waals surface area contributed by atoms with E-state index in [1.54, 1.807) is 0 Å². The zero-order valence-corrected chi connectivity index (χ0v) is 13.3. The van der Waals surface area contributed by atoms with Crippen molar-refractivity contribution in [1.82, 2.24) is 4.98 Å². The third kappa shape index (κ3) is 3.85. The number of anilines is 1. The number of hydrogen-bond acceptors (Lipinski definition) is 6. The number of benzene rings is 1. The number of thiazole rings is 1. The topological polar surface area (TPSA) is 99.2 Å². The Hall–Kier alpha value is -1.35. The maximum Gasteiger partial charge on any atom is 0.266 e. The Morgan fingerprint density at radius 3 is 2.52 bits per heavy atom. The fourth-order valence-electron chi connectivity index (χ4n) is 1.48. The van der Waals surface area contributed by atoms with Crippen molar-refractivity contribution in [2.75, 3.05) is 4.72 Å². The molecule has 0 amide bonds. The molecule has 1 N–H and O–H groups in total. The van der Waals surface area contributed by atoms with Gasteiger partial charge in [0.1, 0.15) is 4.90 Å². The van der Waals surface area contributed by atoms with E-state index >= 15 is 0 Å². The summed E-state index contributed by atoms with van der Waals surface area (Å²) in [6.07, 6.45) is 0.915. The number of sulfonamides is 1. The van der Waals surface area contributed by atoms with Crippen molar-refractivity contribution in [3.63, 3.8) is 0 Å². The van der Waals surface area contributed by atoms with Gasteiger partial charge in [-0.3, -0.25) is 4.72 Å². The van der Waals surface area contributed by atoms with Gasteiger partial charge in [0.25, 0.3) is 10.0 Å². The van der Waals surface area contributed by atoms with Crippen LogP contribution in [0.5, 0.6) is 0 Å². The quantitative estimate of drug-likeness (QED) is 0.866. The highest BCUT2D eigenvalue weighted by Gasteiger charge is 2.22. The maximum absolute atomic E-state index is 12.2. The van der Waals surface area contributed by atoms with Crippen molar-refractivity contribution < 1.29 is 18.3 Å². The molecule has 1 heterocycles. The molecular weight excluding hydrogens is 359 g/mol. The average molecular weight is 366 g/mol. The number of nitrogens with zero attached hydrogens (tertiary/aromatic N) is 1. The minimum atomic E-state index is -4.02. The molecular formula is C11H7Cl2N2O4S2-. The number of halogens is 2. The molecule has 1 aromatic carbocycles. The summed E-state index contributed by atoms with van der Waals surface area (Å²) < 4.78 is 26.7. The van der Waals surface area contributed by atoms with Gasteiger partial charge in [0.15, 0.2) is 5.13 Å². The Morgan fingerprint density at radius 2 is 1.95 bits per heavy atom. The van der Waals surface area contributed by atoms with E-state index in [4.69, 9.17) is 23.2 Å². The lowest BCUT2D eigenvalue weighted by atomic mass is 10.4. The highest BCUT2D eigenvalue weighted by atomic mass is 35.5. The maximum atomic E-state index is 12.2.